The van der Waals surface area contributed by atoms with Gasteiger partial charge in [-0.3, -0.25) is 19.9 Å². The van der Waals surface area contributed by atoms with Gasteiger partial charge >= 0.3 is 5.97 Å². The van der Waals surface area contributed by atoms with Crippen LogP contribution in [0.3, 0.4) is 0 Å². The van der Waals surface area contributed by atoms with Crippen LogP contribution in [0.4, 0.5) is 5.69 Å². The quantitative estimate of drug-likeness (QED) is 0.482. The molecule has 0 unspecified atom stereocenters. The number of aromatic nitrogens is 1. The summed E-state index contributed by atoms with van der Waals surface area (Å²) in [4.78, 5) is 25.6. The number of nitrogens with zero attached hydrogens (tertiary/aromatic N) is 2. The molecule has 0 spiro atoms. The summed E-state index contributed by atoms with van der Waals surface area (Å²) in [5.41, 5.74) is 0.272. The Morgan fingerprint density at radius 1 is 1.55 bits per heavy atom. The van der Waals surface area contributed by atoms with Crippen LogP contribution in [0.5, 0.6) is 0 Å². The molecule has 7 nitrogen and oxygen atoms in total. The van der Waals surface area contributed by atoms with Crippen LogP contribution in [0.1, 0.15) is 32.8 Å². The Labute approximate surface area is 128 Å². The number of pyridine rings is 1. The Kier molecular flexibility index (Phi) is 4.75. The van der Waals surface area contributed by atoms with Gasteiger partial charge in [0.15, 0.2) is 0 Å². The Hall–Kier alpha value is -2.44. The highest BCUT2D eigenvalue weighted by molar-refractivity contribution is 5.69. The van der Waals surface area contributed by atoms with E-state index < -0.39 is 11.0 Å². The van der Waals surface area contributed by atoms with E-state index in [1.165, 1.54) is 19.3 Å². The van der Waals surface area contributed by atoms with Crippen molar-refractivity contribution in [3.8, 4) is 0 Å². The van der Waals surface area contributed by atoms with Gasteiger partial charge in [0.05, 0.1) is 10.5 Å². The smallest absolute Gasteiger partial charge is 0.303 e. The summed E-state index contributed by atoms with van der Waals surface area (Å²) in [6.45, 7) is 5.16. The van der Waals surface area contributed by atoms with E-state index in [2.05, 4.69) is 4.98 Å². The zero-order chi connectivity index (χ0) is 16.3. The zero-order valence-corrected chi connectivity index (χ0v) is 12.7. The fraction of sp³-hybridized carbons (Fsp3) is 0.467. The van der Waals surface area contributed by atoms with Gasteiger partial charge < -0.3 is 9.47 Å². The van der Waals surface area contributed by atoms with Crippen LogP contribution < -0.4 is 0 Å². The molecule has 0 N–H and O–H groups in total. The van der Waals surface area contributed by atoms with Gasteiger partial charge in [-0.2, -0.15) is 0 Å². The van der Waals surface area contributed by atoms with Gasteiger partial charge in [0.25, 0.3) is 5.69 Å². The number of hydrogen-bond acceptors (Lipinski definition) is 6. The number of hydrogen-bond donors (Lipinski definition) is 0. The molecule has 22 heavy (non-hydrogen) atoms. The van der Waals surface area contributed by atoms with Gasteiger partial charge in [0.1, 0.15) is 24.2 Å². The molecule has 0 aliphatic carbocycles. The van der Waals surface area contributed by atoms with Crippen LogP contribution in [-0.4, -0.2) is 28.1 Å². The van der Waals surface area contributed by atoms with E-state index in [1.807, 2.05) is 13.8 Å². The fourth-order valence-corrected chi connectivity index (χ4v) is 2.53. The van der Waals surface area contributed by atoms with Crippen molar-refractivity contribution in [1.29, 1.82) is 0 Å². The molecule has 1 aromatic heterocycles. The first kappa shape index (κ1) is 15.9. The summed E-state index contributed by atoms with van der Waals surface area (Å²) in [6, 6.07) is 1.55. The molecule has 118 valence electrons. The number of nitro groups is 1. The van der Waals surface area contributed by atoms with E-state index in [-0.39, 0.29) is 23.7 Å². The predicted molar refractivity (Wildman–Crippen MR) is 78.8 cm³/mol. The van der Waals surface area contributed by atoms with Crippen molar-refractivity contribution in [2.75, 3.05) is 0 Å². The third-order valence-corrected chi connectivity index (χ3v) is 3.54. The Morgan fingerprint density at radius 3 is 2.86 bits per heavy atom. The van der Waals surface area contributed by atoms with Crippen molar-refractivity contribution >= 4 is 17.4 Å². The van der Waals surface area contributed by atoms with E-state index in [9.17, 15) is 14.9 Å². The molecule has 0 saturated heterocycles. The molecule has 0 fully saturated rings. The third kappa shape index (κ3) is 3.24. The minimum Gasteiger partial charge on any atom is -0.486 e. The molecule has 0 radical (unpaired) electrons. The number of carbonyl (C=O) groups is 1. The molecular weight excluding hydrogens is 288 g/mol. The second kappa shape index (κ2) is 6.55. The molecule has 1 aliphatic rings. The fourth-order valence-electron chi connectivity index (χ4n) is 2.53. The second-order valence-electron chi connectivity index (χ2n) is 5.18. The predicted octanol–water partition coefficient (Wildman–Crippen LogP) is 2.71. The molecule has 0 amide bonds. The highest BCUT2D eigenvalue weighted by Crippen LogP contribution is 2.35. The standard InChI is InChI=1S/C15H18N2O5/c1-4-13-15(21-10(3)18)9(2)7-14(22-13)11-5-6-16-8-12(11)17(19)20/h5-9,13,15H,4H2,1-3H3/t9-,13-,15+/m1/s1. The maximum absolute atomic E-state index is 11.2. The van der Waals surface area contributed by atoms with E-state index in [0.29, 0.717) is 17.7 Å². The summed E-state index contributed by atoms with van der Waals surface area (Å²) in [5.74, 6) is -0.0483. The highest BCUT2D eigenvalue weighted by Gasteiger charge is 2.35. The number of ether oxygens (including phenoxy) is 2. The number of rotatable bonds is 4. The maximum atomic E-state index is 11.2. The van der Waals surface area contributed by atoms with Crippen LogP contribution >= 0.6 is 0 Å². The van der Waals surface area contributed by atoms with Crippen LogP contribution in [0.25, 0.3) is 5.76 Å². The van der Waals surface area contributed by atoms with Crippen LogP contribution in [0.2, 0.25) is 0 Å². The molecule has 1 aromatic rings. The maximum Gasteiger partial charge on any atom is 0.303 e. The molecule has 0 bridgehead atoms. The number of carbonyl (C=O) groups excluding carboxylic acids is 1. The van der Waals surface area contributed by atoms with Crippen LogP contribution in [-0.2, 0) is 14.3 Å². The third-order valence-electron chi connectivity index (χ3n) is 3.54. The van der Waals surface area contributed by atoms with Gasteiger partial charge in [-0.15, -0.1) is 0 Å². The Bertz CT molecular complexity index is 614. The first-order valence-corrected chi connectivity index (χ1v) is 7.08. The minimum atomic E-state index is -0.490. The molecule has 0 saturated carbocycles. The lowest BCUT2D eigenvalue weighted by Crippen LogP contribution is -2.39. The van der Waals surface area contributed by atoms with Crippen molar-refractivity contribution < 1.29 is 19.2 Å². The van der Waals surface area contributed by atoms with Gasteiger partial charge in [-0.25, -0.2) is 0 Å². The molecule has 2 rings (SSSR count). The molecule has 7 heteroatoms. The molecule has 3 atom stereocenters. The second-order valence-corrected chi connectivity index (χ2v) is 5.18. The van der Waals surface area contributed by atoms with E-state index in [0.717, 1.165) is 0 Å². The summed E-state index contributed by atoms with van der Waals surface area (Å²) in [5, 5.41) is 11.1. The Balaban J connectivity index is 2.38. The molecule has 1 aliphatic heterocycles. The van der Waals surface area contributed by atoms with E-state index >= 15 is 0 Å². The van der Waals surface area contributed by atoms with Crippen molar-refractivity contribution in [3.05, 3.63) is 40.2 Å². The van der Waals surface area contributed by atoms with Crippen molar-refractivity contribution in [2.45, 2.75) is 39.4 Å². The molecule has 0 aromatic carbocycles. The van der Waals surface area contributed by atoms with Gasteiger partial charge in [0.2, 0.25) is 0 Å². The largest absolute Gasteiger partial charge is 0.486 e. The average molecular weight is 306 g/mol. The van der Waals surface area contributed by atoms with Gasteiger partial charge in [-0.1, -0.05) is 13.8 Å². The van der Waals surface area contributed by atoms with Crippen LogP contribution in [0.15, 0.2) is 24.5 Å². The van der Waals surface area contributed by atoms with E-state index in [4.69, 9.17) is 9.47 Å². The van der Waals surface area contributed by atoms with E-state index in [1.54, 1.807) is 12.1 Å². The summed E-state index contributed by atoms with van der Waals surface area (Å²) < 4.78 is 11.2. The number of esters is 1. The normalized spacial score (nSPS) is 24.1. The van der Waals surface area contributed by atoms with Crippen molar-refractivity contribution in [1.82, 2.24) is 4.98 Å². The van der Waals surface area contributed by atoms with Crippen molar-refractivity contribution in [2.24, 2.45) is 5.92 Å². The minimum absolute atomic E-state index is 0.106. The summed E-state index contributed by atoms with van der Waals surface area (Å²) >= 11 is 0. The van der Waals surface area contributed by atoms with Crippen LogP contribution in [0, 0.1) is 16.0 Å². The van der Waals surface area contributed by atoms with Crippen molar-refractivity contribution in [3.63, 3.8) is 0 Å². The zero-order valence-electron chi connectivity index (χ0n) is 12.7. The topological polar surface area (TPSA) is 91.6 Å². The Morgan fingerprint density at radius 2 is 2.27 bits per heavy atom. The first-order valence-electron chi connectivity index (χ1n) is 7.08. The summed E-state index contributed by atoms with van der Waals surface area (Å²) in [6.07, 6.45) is 4.32. The highest BCUT2D eigenvalue weighted by atomic mass is 16.6. The lowest BCUT2D eigenvalue weighted by molar-refractivity contribution is -0.385. The SMILES string of the molecule is CC[C@H]1OC(c2ccncc2[N+](=O)[O-])=C[C@@H](C)[C@@H]1OC(C)=O. The molecule has 2 heterocycles. The summed E-state index contributed by atoms with van der Waals surface area (Å²) in [7, 11) is 0. The molecular formula is C15H18N2O5. The van der Waals surface area contributed by atoms with Gasteiger partial charge in [0, 0.05) is 19.0 Å². The van der Waals surface area contributed by atoms with Gasteiger partial charge in [-0.05, 0) is 18.6 Å². The lowest BCUT2D eigenvalue weighted by atomic mass is 9.93. The first-order chi connectivity index (χ1) is 10.4. The average Bonchev–Trinajstić information content (AvgIpc) is 2.48. The lowest BCUT2D eigenvalue weighted by Gasteiger charge is -2.34. The monoisotopic (exact) mass is 306 g/mol.